The van der Waals surface area contributed by atoms with Crippen LogP contribution in [-0.2, 0) is 26.5 Å². The van der Waals surface area contributed by atoms with Crippen LogP contribution in [0.15, 0.2) is 47.4 Å². The van der Waals surface area contributed by atoms with Crippen molar-refractivity contribution in [3.8, 4) is 0 Å². The first-order valence-electron chi connectivity index (χ1n) is 8.15. The second-order valence-electron chi connectivity index (χ2n) is 5.98. The number of rotatable bonds is 5. The molecule has 0 saturated carbocycles. The molecule has 0 radical (unpaired) electrons. The number of hydrogen-bond acceptors (Lipinski definition) is 4. The quantitative estimate of drug-likeness (QED) is 0.839. The van der Waals surface area contributed by atoms with Gasteiger partial charge in [-0.05, 0) is 67.8 Å². The molecule has 2 aromatic carbocycles. The Kier molecular flexibility index (Phi) is 4.94. The molecule has 140 valence electrons. The number of halogens is 1. The van der Waals surface area contributed by atoms with Crippen molar-refractivity contribution in [3.63, 3.8) is 0 Å². The van der Waals surface area contributed by atoms with Gasteiger partial charge < -0.3 is 0 Å². The number of benzene rings is 2. The third kappa shape index (κ3) is 3.68. The van der Waals surface area contributed by atoms with Crippen LogP contribution in [0, 0.1) is 5.82 Å². The Bertz CT molecular complexity index is 1020. The molecule has 0 saturated heterocycles. The molecule has 0 aromatic heterocycles. The molecule has 0 spiro atoms. The lowest BCUT2D eigenvalue weighted by atomic mass is 10.0. The summed E-state index contributed by atoms with van der Waals surface area (Å²) in [5.74, 6) is -0.550. The van der Waals surface area contributed by atoms with Crippen molar-refractivity contribution in [2.24, 2.45) is 0 Å². The maximum absolute atomic E-state index is 13.1. The first-order chi connectivity index (χ1) is 12.2. The van der Waals surface area contributed by atoms with Crippen LogP contribution in [-0.4, -0.2) is 29.1 Å². The van der Waals surface area contributed by atoms with E-state index in [4.69, 9.17) is 0 Å². The largest absolute Gasteiger partial charge is 0.284 e. The van der Waals surface area contributed by atoms with E-state index in [-0.39, 0.29) is 10.6 Å². The fourth-order valence-corrected chi connectivity index (χ4v) is 5.03. The normalized spacial score (nSPS) is 14.8. The summed E-state index contributed by atoms with van der Waals surface area (Å²) in [7, 11) is -7.22. The zero-order valence-electron chi connectivity index (χ0n) is 14.1. The fourth-order valence-electron chi connectivity index (χ4n) is 2.86. The summed E-state index contributed by atoms with van der Waals surface area (Å²) < 4.78 is 66.1. The van der Waals surface area contributed by atoms with Crippen molar-refractivity contribution in [1.82, 2.24) is 0 Å². The van der Waals surface area contributed by atoms with Crippen molar-refractivity contribution in [3.05, 3.63) is 53.8 Å². The summed E-state index contributed by atoms with van der Waals surface area (Å²) in [5.41, 5.74) is 1.67. The van der Waals surface area contributed by atoms with Crippen LogP contribution in [0.3, 0.4) is 0 Å². The predicted molar refractivity (Wildman–Crippen MR) is 98.8 cm³/mol. The summed E-state index contributed by atoms with van der Waals surface area (Å²) in [6.07, 6.45) is 1.25. The van der Waals surface area contributed by atoms with Crippen molar-refractivity contribution < 1.29 is 21.2 Å². The molecule has 9 heteroatoms. The zero-order chi connectivity index (χ0) is 18.9. The summed E-state index contributed by atoms with van der Waals surface area (Å²) in [5, 5.41) is 0. The Morgan fingerprint density at radius 1 is 1.08 bits per heavy atom. The van der Waals surface area contributed by atoms with Crippen LogP contribution in [0.5, 0.6) is 0 Å². The Balaban J connectivity index is 1.97. The molecule has 1 aliphatic rings. The second-order valence-corrected chi connectivity index (χ2v) is 9.86. The van der Waals surface area contributed by atoms with E-state index in [0.717, 1.165) is 17.7 Å². The molecule has 1 heterocycles. The topological polar surface area (TPSA) is 83.6 Å². The molecule has 2 aromatic rings. The number of nitrogens with zero attached hydrogens (tertiary/aromatic N) is 1. The van der Waals surface area contributed by atoms with Crippen LogP contribution >= 0.6 is 0 Å². The van der Waals surface area contributed by atoms with Gasteiger partial charge in [-0.1, -0.05) is 0 Å². The number of sulfonamides is 2. The SMILES string of the molecule is CCS(=O)(=O)Nc1ccc2c(c1)CCCN2S(=O)(=O)c1ccc(F)cc1. The average Bonchev–Trinajstić information content (AvgIpc) is 2.61. The molecule has 3 rings (SSSR count). The molecular weight excluding hydrogens is 379 g/mol. The number of anilines is 2. The highest BCUT2D eigenvalue weighted by atomic mass is 32.2. The Hall–Kier alpha value is -2.13. The summed E-state index contributed by atoms with van der Waals surface area (Å²) in [6.45, 7) is 1.85. The van der Waals surface area contributed by atoms with Crippen molar-refractivity contribution >= 4 is 31.4 Å². The lowest BCUT2D eigenvalue weighted by Gasteiger charge is -2.31. The van der Waals surface area contributed by atoms with E-state index in [1.807, 2.05) is 0 Å². The molecule has 6 nitrogen and oxygen atoms in total. The number of nitrogens with one attached hydrogen (secondary N) is 1. The number of hydrogen-bond donors (Lipinski definition) is 1. The predicted octanol–water partition coefficient (Wildman–Crippen LogP) is 2.73. The van der Waals surface area contributed by atoms with Crippen molar-refractivity contribution in [2.45, 2.75) is 24.7 Å². The molecule has 26 heavy (non-hydrogen) atoms. The van der Waals surface area contributed by atoms with Crippen LogP contribution in [0.2, 0.25) is 0 Å². The van der Waals surface area contributed by atoms with Gasteiger partial charge in [0.1, 0.15) is 5.82 Å². The van der Waals surface area contributed by atoms with E-state index in [1.54, 1.807) is 18.2 Å². The van der Waals surface area contributed by atoms with Gasteiger partial charge >= 0.3 is 0 Å². The highest BCUT2D eigenvalue weighted by Crippen LogP contribution is 2.34. The van der Waals surface area contributed by atoms with Gasteiger partial charge in [0.25, 0.3) is 10.0 Å². The van der Waals surface area contributed by atoms with Crippen LogP contribution in [0.1, 0.15) is 18.9 Å². The highest BCUT2D eigenvalue weighted by Gasteiger charge is 2.29. The van der Waals surface area contributed by atoms with Crippen LogP contribution < -0.4 is 9.03 Å². The zero-order valence-corrected chi connectivity index (χ0v) is 15.8. The summed E-state index contributed by atoms with van der Waals surface area (Å²) in [4.78, 5) is 0.0162. The van der Waals surface area contributed by atoms with Gasteiger partial charge in [0.05, 0.1) is 16.3 Å². The Morgan fingerprint density at radius 3 is 2.42 bits per heavy atom. The van der Waals surface area contributed by atoms with Crippen molar-refractivity contribution in [2.75, 3.05) is 21.3 Å². The van der Waals surface area contributed by atoms with Crippen molar-refractivity contribution in [1.29, 1.82) is 0 Å². The third-order valence-electron chi connectivity index (χ3n) is 4.21. The standard InChI is InChI=1S/C17H19FN2O4S2/c1-2-25(21,22)19-15-7-10-17-13(12-15)4-3-11-20(17)26(23,24)16-8-5-14(18)6-9-16/h5-10,12,19H,2-4,11H2,1H3. The third-order valence-corrected chi connectivity index (χ3v) is 7.34. The lowest BCUT2D eigenvalue weighted by molar-refractivity contribution is 0.585. The molecule has 0 unspecified atom stereocenters. The van der Waals surface area contributed by atoms with Gasteiger partial charge in [0, 0.05) is 12.2 Å². The summed E-state index contributed by atoms with van der Waals surface area (Å²) >= 11 is 0. The van der Waals surface area contributed by atoms with Gasteiger partial charge in [0.15, 0.2) is 0 Å². The van der Waals surface area contributed by atoms with E-state index < -0.39 is 25.9 Å². The van der Waals surface area contributed by atoms with E-state index >= 15 is 0 Å². The lowest BCUT2D eigenvalue weighted by Crippen LogP contribution is -2.35. The second kappa shape index (κ2) is 6.88. The molecule has 0 fully saturated rings. The average molecular weight is 398 g/mol. The van der Waals surface area contributed by atoms with E-state index in [2.05, 4.69) is 4.72 Å². The smallest absolute Gasteiger partial charge is 0.264 e. The minimum Gasteiger partial charge on any atom is -0.284 e. The monoisotopic (exact) mass is 398 g/mol. The van der Waals surface area contributed by atoms with Gasteiger partial charge in [0.2, 0.25) is 10.0 Å². The van der Waals surface area contributed by atoms with Gasteiger partial charge in [-0.2, -0.15) is 0 Å². The molecular formula is C17H19FN2O4S2. The van der Waals surface area contributed by atoms with Gasteiger partial charge in [-0.3, -0.25) is 9.03 Å². The van der Waals surface area contributed by atoms with E-state index in [9.17, 15) is 21.2 Å². The molecule has 1 N–H and O–H groups in total. The Labute approximate surface area is 152 Å². The number of aryl methyl sites for hydroxylation is 1. The molecule has 0 atom stereocenters. The summed E-state index contributed by atoms with van der Waals surface area (Å²) in [6, 6.07) is 9.51. The fraction of sp³-hybridized carbons (Fsp3) is 0.294. The number of fused-ring (bicyclic) bond motifs is 1. The first kappa shape index (κ1) is 18.7. The van der Waals surface area contributed by atoms with E-state index in [0.29, 0.717) is 30.8 Å². The highest BCUT2D eigenvalue weighted by molar-refractivity contribution is 7.93. The maximum Gasteiger partial charge on any atom is 0.264 e. The van der Waals surface area contributed by atoms with Crippen LogP contribution in [0.25, 0.3) is 0 Å². The molecule has 0 bridgehead atoms. The molecule has 0 aliphatic carbocycles. The minimum absolute atomic E-state index is 0.0162. The minimum atomic E-state index is -3.82. The van der Waals surface area contributed by atoms with Gasteiger partial charge in [-0.25, -0.2) is 21.2 Å². The molecule has 0 amide bonds. The molecule has 1 aliphatic heterocycles. The van der Waals surface area contributed by atoms with Gasteiger partial charge in [-0.15, -0.1) is 0 Å². The first-order valence-corrected chi connectivity index (χ1v) is 11.2. The van der Waals surface area contributed by atoms with E-state index in [1.165, 1.54) is 23.4 Å². The Morgan fingerprint density at radius 2 is 1.77 bits per heavy atom. The maximum atomic E-state index is 13.1. The van der Waals surface area contributed by atoms with Crippen LogP contribution in [0.4, 0.5) is 15.8 Å².